The van der Waals surface area contributed by atoms with Gasteiger partial charge in [-0.05, 0) is 74.6 Å². The third-order valence-electron chi connectivity index (χ3n) is 6.90. The molecule has 174 valence electrons. The molecule has 2 heterocycles. The number of hydrogen-bond acceptors (Lipinski definition) is 4. The molecule has 0 radical (unpaired) electrons. The van der Waals surface area contributed by atoms with Gasteiger partial charge in [-0.2, -0.15) is 0 Å². The summed E-state index contributed by atoms with van der Waals surface area (Å²) in [7, 11) is 0. The van der Waals surface area contributed by atoms with Crippen molar-refractivity contribution < 1.29 is 0 Å². The molecule has 0 fully saturated rings. The van der Waals surface area contributed by atoms with Gasteiger partial charge in [-0.15, -0.1) is 0 Å². The van der Waals surface area contributed by atoms with Crippen molar-refractivity contribution in [3.8, 4) is 0 Å². The number of nitrogens with zero attached hydrogens (tertiary/aromatic N) is 3. The van der Waals surface area contributed by atoms with Crippen LogP contribution in [0.25, 0.3) is 0 Å². The average molecular weight is 427 g/mol. The lowest BCUT2D eigenvalue weighted by Crippen LogP contribution is -2.32. The first-order valence-corrected chi connectivity index (χ1v) is 12.1. The quantitative estimate of drug-likeness (QED) is 0.609. The molecule has 0 amide bonds. The Labute approximate surface area is 191 Å². The fraction of sp³-hybridized carbons (Fsp3) is 0.741. The second kappa shape index (κ2) is 9.52. The highest BCUT2D eigenvalue weighted by molar-refractivity contribution is 5.86. The molecule has 0 aromatic carbocycles. The highest BCUT2D eigenvalue weighted by Gasteiger charge is 2.28. The van der Waals surface area contributed by atoms with Crippen LogP contribution < -0.4 is 5.32 Å². The predicted octanol–water partition coefficient (Wildman–Crippen LogP) is 6.24. The zero-order valence-electron chi connectivity index (χ0n) is 21.8. The van der Waals surface area contributed by atoms with Gasteiger partial charge in [-0.3, -0.25) is 9.98 Å². The van der Waals surface area contributed by atoms with Crippen molar-refractivity contribution in [1.82, 2.24) is 10.3 Å². The van der Waals surface area contributed by atoms with Gasteiger partial charge in [0, 0.05) is 12.4 Å². The fourth-order valence-electron chi connectivity index (χ4n) is 3.88. The summed E-state index contributed by atoms with van der Waals surface area (Å²) < 4.78 is 0. The van der Waals surface area contributed by atoms with Crippen LogP contribution in [0.1, 0.15) is 117 Å². The molecule has 1 N–H and O–H groups in total. The molecule has 4 nitrogen and oxygen atoms in total. The highest BCUT2D eigenvalue weighted by Crippen LogP contribution is 2.32. The molecular formula is C27H46N4. The zero-order chi connectivity index (χ0) is 23.5. The summed E-state index contributed by atoms with van der Waals surface area (Å²) in [6.45, 7) is 24.5. The minimum absolute atomic E-state index is 0.0163. The van der Waals surface area contributed by atoms with E-state index in [0.717, 1.165) is 50.2 Å². The summed E-state index contributed by atoms with van der Waals surface area (Å²) in [6, 6.07) is 2.36. The molecule has 1 aliphatic heterocycles. The molecule has 2 rings (SSSR count). The molecule has 2 unspecified atom stereocenters. The van der Waals surface area contributed by atoms with Crippen LogP contribution in [0.5, 0.6) is 0 Å². The van der Waals surface area contributed by atoms with Gasteiger partial charge in [0.1, 0.15) is 0 Å². The van der Waals surface area contributed by atoms with E-state index >= 15 is 0 Å². The first kappa shape index (κ1) is 25.7. The largest absolute Gasteiger partial charge is 0.317 e. The standard InChI is InChI=1S/C27H46N4/c1-11-26(9)13-15-28-16-14-27(10,12-2)30-19-23-21(25(6,7)8)17-20(24(3,4)5)22(31-23)18-29-26/h17-19,28H,11-16H2,1-10H3. The Bertz CT molecular complexity index is 747. The van der Waals surface area contributed by atoms with Gasteiger partial charge in [-0.1, -0.05) is 61.5 Å². The third-order valence-corrected chi connectivity index (χ3v) is 6.90. The minimum atomic E-state index is -0.0844. The Hall–Kier alpha value is -1.55. The Morgan fingerprint density at radius 3 is 1.48 bits per heavy atom. The Kier molecular flexibility index (Phi) is 7.90. The lowest BCUT2D eigenvalue weighted by atomic mass is 9.79. The van der Waals surface area contributed by atoms with Crippen molar-refractivity contribution >= 4 is 12.4 Å². The summed E-state index contributed by atoms with van der Waals surface area (Å²) >= 11 is 0. The van der Waals surface area contributed by atoms with Gasteiger partial charge in [-0.25, -0.2) is 4.98 Å². The van der Waals surface area contributed by atoms with Gasteiger partial charge >= 0.3 is 0 Å². The third kappa shape index (κ3) is 6.71. The van der Waals surface area contributed by atoms with Crippen LogP contribution in [0.4, 0.5) is 0 Å². The van der Waals surface area contributed by atoms with Crippen LogP contribution >= 0.6 is 0 Å². The lowest BCUT2D eigenvalue weighted by molar-refractivity contribution is 0.382. The minimum Gasteiger partial charge on any atom is -0.317 e. The summed E-state index contributed by atoms with van der Waals surface area (Å²) in [5.41, 5.74) is 4.25. The van der Waals surface area contributed by atoms with Gasteiger partial charge in [0.25, 0.3) is 0 Å². The monoisotopic (exact) mass is 426 g/mol. The number of aliphatic imine (C=N–C) groups is 2. The number of fused-ring (bicyclic) bond motifs is 2. The Morgan fingerprint density at radius 1 is 0.774 bits per heavy atom. The van der Waals surface area contributed by atoms with Crippen LogP contribution in [0.3, 0.4) is 0 Å². The SMILES string of the molecule is CCC1(C)CCNCCC(C)(CC)N=Cc2nc(c(C(C)(C)C)cc2C(C)(C)C)C=N1. The van der Waals surface area contributed by atoms with Crippen LogP contribution in [-0.2, 0) is 10.8 Å². The number of aromatic nitrogens is 1. The Morgan fingerprint density at radius 2 is 1.16 bits per heavy atom. The van der Waals surface area contributed by atoms with Crippen molar-refractivity contribution in [3.63, 3.8) is 0 Å². The predicted molar refractivity (Wildman–Crippen MR) is 136 cm³/mol. The van der Waals surface area contributed by atoms with E-state index in [1.165, 1.54) is 11.1 Å². The van der Waals surface area contributed by atoms with E-state index in [2.05, 4.69) is 80.6 Å². The van der Waals surface area contributed by atoms with Gasteiger partial charge in [0.15, 0.2) is 0 Å². The number of hydrogen-bond donors (Lipinski definition) is 1. The second-order valence-electron chi connectivity index (χ2n) is 11.8. The van der Waals surface area contributed by atoms with Gasteiger partial charge < -0.3 is 5.32 Å². The molecule has 1 aromatic heterocycles. The van der Waals surface area contributed by atoms with Crippen LogP contribution in [-0.4, -0.2) is 41.6 Å². The Balaban J connectivity index is 2.77. The van der Waals surface area contributed by atoms with Crippen molar-refractivity contribution in [3.05, 3.63) is 28.6 Å². The van der Waals surface area contributed by atoms with E-state index in [-0.39, 0.29) is 21.9 Å². The maximum Gasteiger partial charge on any atom is 0.0853 e. The summed E-state index contributed by atoms with van der Waals surface area (Å²) in [5, 5.41) is 3.63. The van der Waals surface area contributed by atoms with E-state index < -0.39 is 0 Å². The molecule has 2 bridgehead atoms. The number of nitrogens with one attached hydrogen (secondary N) is 1. The molecule has 0 aliphatic carbocycles. The summed E-state index contributed by atoms with van der Waals surface area (Å²) in [6.07, 6.45) is 8.11. The normalized spacial score (nSPS) is 26.0. The smallest absolute Gasteiger partial charge is 0.0853 e. The average Bonchev–Trinajstić information content (AvgIpc) is 2.68. The van der Waals surface area contributed by atoms with Crippen LogP contribution in [0.2, 0.25) is 0 Å². The van der Waals surface area contributed by atoms with E-state index in [1.54, 1.807) is 0 Å². The van der Waals surface area contributed by atoms with Crippen molar-refractivity contribution in [1.29, 1.82) is 0 Å². The maximum atomic E-state index is 5.18. The van der Waals surface area contributed by atoms with Crippen molar-refractivity contribution in [2.75, 3.05) is 13.1 Å². The fourth-order valence-corrected chi connectivity index (χ4v) is 3.88. The molecule has 31 heavy (non-hydrogen) atoms. The molecule has 1 aliphatic rings. The first-order chi connectivity index (χ1) is 14.2. The van der Waals surface area contributed by atoms with Crippen LogP contribution in [0.15, 0.2) is 16.1 Å². The van der Waals surface area contributed by atoms with E-state index in [4.69, 9.17) is 15.0 Å². The van der Waals surface area contributed by atoms with Crippen molar-refractivity contribution in [2.24, 2.45) is 9.98 Å². The molecule has 0 saturated heterocycles. The molecule has 4 heteroatoms. The number of pyridine rings is 1. The van der Waals surface area contributed by atoms with E-state index in [0.29, 0.717) is 0 Å². The lowest BCUT2D eigenvalue weighted by Gasteiger charge is -2.30. The molecular weight excluding hydrogens is 380 g/mol. The van der Waals surface area contributed by atoms with E-state index in [1.807, 2.05) is 12.4 Å². The van der Waals surface area contributed by atoms with E-state index in [9.17, 15) is 0 Å². The first-order valence-electron chi connectivity index (χ1n) is 12.1. The molecule has 1 aromatic rings. The zero-order valence-corrected chi connectivity index (χ0v) is 21.8. The number of rotatable bonds is 2. The van der Waals surface area contributed by atoms with Crippen molar-refractivity contribution in [2.45, 2.75) is 117 Å². The second-order valence-corrected chi connectivity index (χ2v) is 11.8. The van der Waals surface area contributed by atoms with Crippen LogP contribution in [0, 0.1) is 0 Å². The highest BCUT2D eigenvalue weighted by atomic mass is 14.9. The maximum absolute atomic E-state index is 5.18. The summed E-state index contributed by atoms with van der Waals surface area (Å²) in [4.78, 5) is 15.3. The molecule has 0 spiro atoms. The molecule has 2 atom stereocenters. The summed E-state index contributed by atoms with van der Waals surface area (Å²) in [5.74, 6) is 0. The van der Waals surface area contributed by atoms with Gasteiger partial charge in [0.05, 0.1) is 22.5 Å². The van der Waals surface area contributed by atoms with Gasteiger partial charge in [0.2, 0.25) is 0 Å². The topological polar surface area (TPSA) is 49.6 Å². The molecule has 0 saturated carbocycles.